The maximum absolute atomic E-state index is 16.1. The zero-order valence-corrected chi connectivity index (χ0v) is 23.2. The van der Waals surface area contributed by atoms with Crippen LogP contribution in [-0.2, 0) is 25.7 Å². The summed E-state index contributed by atoms with van der Waals surface area (Å²) in [7, 11) is -3.60. The molecular weight excluding hydrogens is 593 g/mol. The number of esters is 1. The molecule has 0 aromatic heterocycles. The molecule has 6 nitrogen and oxygen atoms in total. The van der Waals surface area contributed by atoms with Gasteiger partial charge in [-0.15, -0.1) is 0 Å². The van der Waals surface area contributed by atoms with Crippen LogP contribution >= 0.6 is 11.6 Å². The second-order valence-corrected chi connectivity index (χ2v) is 11.4. The number of hydrogen-bond donors (Lipinski definition) is 0. The molecule has 0 radical (unpaired) electrons. The SMILES string of the molecule is COC(=O)CC[C@H]1CN(S(=O)(=O)c2cccc(C(F)(F)F)c2)c2c(ccc(/C=C(\C)c3c(F)cccc3Cl)c2F)O1. The van der Waals surface area contributed by atoms with Gasteiger partial charge < -0.3 is 9.47 Å². The fourth-order valence-electron chi connectivity index (χ4n) is 4.38. The summed E-state index contributed by atoms with van der Waals surface area (Å²) < 4.78 is 109. The van der Waals surface area contributed by atoms with E-state index in [1.165, 1.54) is 50.4 Å². The number of hydrogen-bond acceptors (Lipinski definition) is 5. The van der Waals surface area contributed by atoms with Crippen LogP contribution < -0.4 is 9.04 Å². The molecule has 1 heterocycles. The van der Waals surface area contributed by atoms with E-state index >= 15 is 4.39 Å². The lowest BCUT2D eigenvalue weighted by Gasteiger charge is -2.36. The van der Waals surface area contributed by atoms with E-state index < -0.39 is 62.6 Å². The zero-order valence-electron chi connectivity index (χ0n) is 21.6. The Bertz CT molecular complexity index is 1600. The first-order valence-electron chi connectivity index (χ1n) is 12.1. The topological polar surface area (TPSA) is 72.9 Å². The lowest BCUT2D eigenvalue weighted by molar-refractivity contribution is -0.141. The van der Waals surface area contributed by atoms with Gasteiger partial charge in [0.2, 0.25) is 0 Å². The fraction of sp³-hybridized carbons (Fsp3) is 0.250. The number of benzene rings is 3. The molecule has 4 rings (SSSR count). The third kappa shape index (κ3) is 6.33. The van der Waals surface area contributed by atoms with Crippen LogP contribution in [0.1, 0.15) is 36.5 Å². The second kappa shape index (κ2) is 11.7. The Labute approximate surface area is 238 Å². The zero-order chi connectivity index (χ0) is 30.1. The summed E-state index contributed by atoms with van der Waals surface area (Å²) in [6.45, 7) is 0.977. The number of carbonyl (C=O) groups excluding carboxylic acids is 1. The number of allylic oxidation sites excluding steroid dienone is 1. The van der Waals surface area contributed by atoms with Gasteiger partial charge in [-0.1, -0.05) is 23.7 Å². The Morgan fingerprint density at radius 3 is 2.51 bits per heavy atom. The molecule has 0 spiro atoms. The minimum absolute atomic E-state index is 0.0128. The fourth-order valence-corrected chi connectivity index (χ4v) is 6.25. The number of rotatable bonds is 7. The van der Waals surface area contributed by atoms with Crippen molar-refractivity contribution in [3.63, 3.8) is 0 Å². The first kappa shape index (κ1) is 30.3. The molecule has 41 heavy (non-hydrogen) atoms. The predicted molar refractivity (Wildman–Crippen MR) is 143 cm³/mol. The van der Waals surface area contributed by atoms with Crippen LogP contribution in [-0.4, -0.2) is 34.1 Å². The van der Waals surface area contributed by atoms with Gasteiger partial charge in [0.15, 0.2) is 5.82 Å². The van der Waals surface area contributed by atoms with Crippen molar-refractivity contribution in [1.29, 1.82) is 0 Å². The number of anilines is 1. The molecule has 0 saturated heterocycles. The average molecular weight is 616 g/mol. The molecule has 0 fully saturated rings. The molecule has 0 N–H and O–H groups in total. The molecule has 3 aromatic rings. The van der Waals surface area contributed by atoms with E-state index in [4.69, 9.17) is 16.3 Å². The highest BCUT2D eigenvalue weighted by atomic mass is 35.5. The van der Waals surface area contributed by atoms with Crippen LogP contribution in [0.25, 0.3) is 11.6 Å². The maximum atomic E-state index is 16.1. The molecule has 1 atom stereocenters. The minimum atomic E-state index is -4.83. The summed E-state index contributed by atoms with van der Waals surface area (Å²) in [6, 6.07) is 9.67. The summed E-state index contributed by atoms with van der Waals surface area (Å²) in [6.07, 6.45) is -4.69. The van der Waals surface area contributed by atoms with E-state index in [2.05, 4.69) is 4.74 Å². The monoisotopic (exact) mass is 615 g/mol. The van der Waals surface area contributed by atoms with E-state index in [1.807, 2.05) is 0 Å². The Balaban J connectivity index is 1.84. The number of sulfonamides is 1. The van der Waals surface area contributed by atoms with E-state index in [-0.39, 0.29) is 40.3 Å². The number of carbonyl (C=O) groups is 1. The van der Waals surface area contributed by atoms with Gasteiger partial charge in [-0.3, -0.25) is 9.10 Å². The lowest BCUT2D eigenvalue weighted by atomic mass is 10.0. The van der Waals surface area contributed by atoms with Gasteiger partial charge in [0.25, 0.3) is 10.0 Å². The van der Waals surface area contributed by atoms with Gasteiger partial charge >= 0.3 is 12.1 Å². The highest BCUT2D eigenvalue weighted by Crippen LogP contribution is 2.42. The van der Waals surface area contributed by atoms with Crippen molar-refractivity contribution >= 4 is 44.9 Å². The number of nitrogens with zero attached hydrogens (tertiary/aromatic N) is 1. The number of methoxy groups -OCH3 is 1. The minimum Gasteiger partial charge on any atom is -0.486 e. The van der Waals surface area contributed by atoms with Crippen molar-refractivity contribution in [2.75, 3.05) is 18.0 Å². The highest BCUT2D eigenvalue weighted by molar-refractivity contribution is 7.92. The van der Waals surface area contributed by atoms with Crippen molar-refractivity contribution in [2.24, 2.45) is 0 Å². The molecule has 0 bridgehead atoms. The van der Waals surface area contributed by atoms with Crippen molar-refractivity contribution in [3.05, 3.63) is 87.9 Å². The standard InChI is InChI=1S/C28H23ClF5NO5S/c1-16(25-21(29)7-4-8-22(25)30)13-17-9-11-23-27(26(17)31)35(15-19(40-23)10-12-24(36)39-2)41(37,38)20-6-3-5-18(14-20)28(32,33)34/h3-9,11,13-14,19H,10,12,15H2,1-2H3/b16-13+/t19-/m0/s1. The second-order valence-electron chi connectivity index (χ2n) is 9.16. The van der Waals surface area contributed by atoms with Gasteiger partial charge in [0.1, 0.15) is 23.4 Å². The van der Waals surface area contributed by atoms with E-state index in [9.17, 15) is 30.8 Å². The molecule has 0 amide bonds. The van der Waals surface area contributed by atoms with Crippen molar-refractivity contribution in [1.82, 2.24) is 0 Å². The summed E-state index contributed by atoms with van der Waals surface area (Å²) >= 11 is 6.12. The lowest BCUT2D eigenvalue weighted by Crippen LogP contribution is -2.44. The van der Waals surface area contributed by atoms with Gasteiger partial charge in [0, 0.05) is 17.5 Å². The smallest absolute Gasteiger partial charge is 0.416 e. The number of fused-ring (bicyclic) bond motifs is 1. The van der Waals surface area contributed by atoms with Gasteiger partial charge in [-0.2, -0.15) is 13.2 Å². The highest BCUT2D eigenvalue weighted by Gasteiger charge is 2.39. The number of halogens is 6. The molecule has 13 heteroatoms. The molecule has 218 valence electrons. The molecule has 1 aliphatic rings. The number of ether oxygens (including phenoxy) is 2. The van der Waals surface area contributed by atoms with Gasteiger partial charge in [-0.25, -0.2) is 17.2 Å². The number of alkyl halides is 3. The summed E-state index contributed by atoms with van der Waals surface area (Å²) in [5.41, 5.74) is -1.66. The van der Waals surface area contributed by atoms with Gasteiger partial charge in [-0.05, 0) is 67.5 Å². The maximum Gasteiger partial charge on any atom is 0.416 e. The Hall–Kier alpha value is -3.64. The first-order valence-corrected chi connectivity index (χ1v) is 13.9. The van der Waals surface area contributed by atoms with Crippen LogP contribution in [0.3, 0.4) is 0 Å². The average Bonchev–Trinajstić information content (AvgIpc) is 2.92. The Morgan fingerprint density at radius 1 is 1.15 bits per heavy atom. The Kier molecular flexibility index (Phi) is 8.65. The third-order valence-corrected chi connectivity index (χ3v) is 8.47. The van der Waals surface area contributed by atoms with Crippen LogP contribution in [0.5, 0.6) is 5.75 Å². The van der Waals surface area contributed by atoms with E-state index in [1.54, 1.807) is 0 Å². The molecule has 3 aromatic carbocycles. The molecule has 0 saturated carbocycles. The normalized spacial score (nSPS) is 15.8. The predicted octanol–water partition coefficient (Wildman–Crippen LogP) is 7.11. The Morgan fingerprint density at radius 2 is 1.85 bits per heavy atom. The van der Waals surface area contributed by atoms with Gasteiger partial charge in [0.05, 0.1) is 29.1 Å². The quantitative estimate of drug-likeness (QED) is 0.161. The molecule has 0 unspecified atom stereocenters. The van der Waals surface area contributed by atoms with Crippen molar-refractivity contribution in [2.45, 2.75) is 36.9 Å². The van der Waals surface area contributed by atoms with Crippen molar-refractivity contribution in [3.8, 4) is 5.75 Å². The first-order chi connectivity index (χ1) is 19.2. The summed E-state index contributed by atoms with van der Waals surface area (Å²) in [4.78, 5) is 11.0. The summed E-state index contributed by atoms with van der Waals surface area (Å²) in [5.74, 6) is -2.54. The molecule has 0 aliphatic carbocycles. The summed E-state index contributed by atoms with van der Waals surface area (Å²) in [5, 5.41) is 0.0719. The van der Waals surface area contributed by atoms with E-state index in [0.717, 1.165) is 12.1 Å². The van der Waals surface area contributed by atoms with Crippen LogP contribution in [0.2, 0.25) is 5.02 Å². The third-order valence-electron chi connectivity index (χ3n) is 6.40. The van der Waals surface area contributed by atoms with Crippen LogP contribution in [0.4, 0.5) is 27.6 Å². The van der Waals surface area contributed by atoms with Crippen LogP contribution in [0, 0.1) is 11.6 Å². The van der Waals surface area contributed by atoms with E-state index in [0.29, 0.717) is 16.4 Å². The van der Waals surface area contributed by atoms with Crippen LogP contribution in [0.15, 0.2) is 59.5 Å². The molecular formula is C28H23ClF5NO5S. The largest absolute Gasteiger partial charge is 0.486 e. The van der Waals surface area contributed by atoms with Crippen molar-refractivity contribution < 1.29 is 44.6 Å². The molecule has 1 aliphatic heterocycles.